The molecule has 1 unspecified atom stereocenters. The SMILES string of the molecule is COc1cc(COCC(CCCN2CCC(C(=O)O)(c3ccccc3)CC2)(c2ccc(Cl)c(Cl)c2)N(C)C(=O)Nc2ccccc2)cc(OC)c1OC. The van der Waals surface area contributed by atoms with Crippen LogP contribution in [0, 0.1) is 0 Å². The number of anilines is 1. The van der Waals surface area contributed by atoms with E-state index in [1.54, 1.807) is 45.4 Å². The summed E-state index contributed by atoms with van der Waals surface area (Å²) < 4.78 is 23.1. The number of ether oxygens (including phenoxy) is 4. The number of urea groups is 1. The third-order valence-corrected chi connectivity index (χ3v) is 11.0. The summed E-state index contributed by atoms with van der Waals surface area (Å²) in [5.74, 6) is 0.683. The lowest BCUT2D eigenvalue weighted by molar-refractivity contribution is -0.146. The van der Waals surface area contributed by atoms with Gasteiger partial charge in [-0.2, -0.15) is 0 Å². The molecule has 0 aromatic heterocycles. The number of carboxylic acid groups (broad SMARTS) is 1. The number of benzene rings is 4. The third kappa shape index (κ3) is 9.01. The maximum Gasteiger partial charge on any atom is 0.322 e. The summed E-state index contributed by atoms with van der Waals surface area (Å²) >= 11 is 13.0. The summed E-state index contributed by atoms with van der Waals surface area (Å²) in [7, 11) is 6.42. The van der Waals surface area contributed by atoms with E-state index >= 15 is 0 Å². The number of carbonyl (C=O) groups excluding carboxylic acids is 1. The number of aliphatic carboxylic acids is 1. The van der Waals surface area contributed by atoms with Gasteiger partial charge in [0.15, 0.2) is 11.5 Å². The zero-order valence-corrected chi connectivity index (χ0v) is 32.1. The molecule has 1 atom stereocenters. The van der Waals surface area contributed by atoms with Gasteiger partial charge >= 0.3 is 12.0 Å². The molecule has 0 radical (unpaired) electrons. The van der Waals surface area contributed by atoms with Crippen molar-refractivity contribution in [2.75, 3.05) is 59.9 Å². The molecule has 1 fully saturated rings. The van der Waals surface area contributed by atoms with Gasteiger partial charge in [0.2, 0.25) is 5.75 Å². The number of likely N-dealkylation sites (tertiary alicyclic amines) is 1. The quantitative estimate of drug-likeness (QED) is 0.117. The molecule has 0 bridgehead atoms. The fourth-order valence-corrected chi connectivity index (χ4v) is 7.46. The number of carbonyl (C=O) groups is 2. The van der Waals surface area contributed by atoms with E-state index < -0.39 is 16.9 Å². The highest BCUT2D eigenvalue weighted by Crippen LogP contribution is 2.41. The van der Waals surface area contributed by atoms with Gasteiger partial charge in [0.1, 0.15) is 0 Å². The number of para-hydroxylation sites is 1. The first-order chi connectivity index (χ1) is 25.6. The highest BCUT2D eigenvalue weighted by molar-refractivity contribution is 6.42. The number of methoxy groups -OCH3 is 3. The normalized spacial score (nSPS) is 15.2. The van der Waals surface area contributed by atoms with Crippen LogP contribution in [0.25, 0.3) is 0 Å². The maximum absolute atomic E-state index is 14.1. The average Bonchev–Trinajstić information content (AvgIpc) is 3.18. The van der Waals surface area contributed by atoms with Gasteiger partial charge in [0, 0.05) is 12.7 Å². The molecule has 4 aromatic rings. The summed E-state index contributed by atoms with van der Waals surface area (Å²) in [6.07, 6.45) is 2.17. The molecule has 1 aliphatic heterocycles. The Labute approximate surface area is 321 Å². The molecule has 1 aliphatic rings. The number of likely N-dealkylation sites (N-methyl/N-ethyl adjacent to an activating group) is 1. The first-order valence-electron chi connectivity index (χ1n) is 17.5. The van der Waals surface area contributed by atoms with Crippen molar-refractivity contribution < 1.29 is 33.6 Å². The lowest BCUT2D eigenvalue weighted by Crippen LogP contribution is -2.52. The Morgan fingerprint density at radius 3 is 2.06 bits per heavy atom. The molecule has 2 amide bonds. The van der Waals surface area contributed by atoms with E-state index in [2.05, 4.69) is 10.2 Å². The van der Waals surface area contributed by atoms with Crippen molar-refractivity contribution in [1.29, 1.82) is 0 Å². The van der Waals surface area contributed by atoms with Crippen LogP contribution in [0.2, 0.25) is 10.0 Å². The van der Waals surface area contributed by atoms with Gasteiger partial charge in [-0.05, 0) is 98.4 Å². The molecule has 12 heteroatoms. The first-order valence-corrected chi connectivity index (χ1v) is 18.3. The Bertz CT molecular complexity index is 1810. The van der Waals surface area contributed by atoms with Crippen molar-refractivity contribution in [3.8, 4) is 17.2 Å². The summed E-state index contributed by atoms with van der Waals surface area (Å²) in [6.45, 7) is 2.23. The number of hydrogen-bond acceptors (Lipinski definition) is 7. The predicted octanol–water partition coefficient (Wildman–Crippen LogP) is 8.49. The molecule has 0 spiro atoms. The van der Waals surface area contributed by atoms with Crippen LogP contribution in [-0.4, -0.2) is 81.5 Å². The van der Waals surface area contributed by atoms with E-state index in [1.807, 2.05) is 78.9 Å². The smallest absolute Gasteiger partial charge is 0.322 e. The minimum absolute atomic E-state index is 0.108. The summed E-state index contributed by atoms with van der Waals surface area (Å²) in [5, 5.41) is 14.1. The van der Waals surface area contributed by atoms with Gasteiger partial charge in [-0.25, -0.2) is 4.79 Å². The van der Waals surface area contributed by atoms with Crippen molar-refractivity contribution >= 4 is 40.9 Å². The molecule has 282 valence electrons. The molecule has 5 rings (SSSR count). The number of hydrogen-bond donors (Lipinski definition) is 2. The average molecular weight is 765 g/mol. The fraction of sp³-hybridized carbons (Fsp3) is 0.366. The largest absolute Gasteiger partial charge is 0.493 e. The van der Waals surface area contributed by atoms with Crippen LogP contribution < -0.4 is 19.5 Å². The summed E-state index contributed by atoms with van der Waals surface area (Å²) in [4.78, 5) is 30.6. The van der Waals surface area contributed by atoms with Crippen molar-refractivity contribution in [3.05, 3.63) is 118 Å². The minimum Gasteiger partial charge on any atom is -0.493 e. The Kier molecular flexibility index (Phi) is 13.5. The van der Waals surface area contributed by atoms with E-state index in [1.165, 1.54) is 0 Å². The van der Waals surface area contributed by atoms with Gasteiger partial charge in [-0.15, -0.1) is 0 Å². The van der Waals surface area contributed by atoms with E-state index in [0.29, 0.717) is 78.3 Å². The van der Waals surface area contributed by atoms with Gasteiger partial charge in [-0.3, -0.25) is 4.79 Å². The number of amides is 2. The summed E-state index contributed by atoms with van der Waals surface area (Å²) in [6, 6.07) is 27.5. The lowest BCUT2D eigenvalue weighted by atomic mass is 9.73. The van der Waals surface area contributed by atoms with Crippen molar-refractivity contribution in [1.82, 2.24) is 9.80 Å². The number of nitrogens with one attached hydrogen (secondary N) is 1. The van der Waals surface area contributed by atoms with Gasteiger partial charge in [-0.1, -0.05) is 77.8 Å². The zero-order chi connectivity index (χ0) is 38.0. The Hall–Kier alpha value is -4.48. The highest BCUT2D eigenvalue weighted by Gasteiger charge is 2.44. The Balaban J connectivity index is 1.42. The molecule has 1 heterocycles. The van der Waals surface area contributed by atoms with Crippen LogP contribution in [0.1, 0.15) is 42.4 Å². The summed E-state index contributed by atoms with van der Waals surface area (Å²) in [5.41, 5.74) is 1.11. The van der Waals surface area contributed by atoms with Crippen molar-refractivity contribution in [3.63, 3.8) is 0 Å². The van der Waals surface area contributed by atoms with Crippen LogP contribution >= 0.6 is 23.2 Å². The maximum atomic E-state index is 14.1. The van der Waals surface area contributed by atoms with Crippen molar-refractivity contribution in [2.24, 2.45) is 0 Å². The van der Waals surface area contributed by atoms with E-state index in [9.17, 15) is 14.7 Å². The number of nitrogens with zero attached hydrogens (tertiary/aromatic N) is 2. The predicted molar refractivity (Wildman–Crippen MR) is 208 cm³/mol. The third-order valence-electron chi connectivity index (χ3n) is 10.3. The van der Waals surface area contributed by atoms with Crippen LogP contribution in [0.5, 0.6) is 17.2 Å². The Morgan fingerprint density at radius 2 is 1.49 bits per heavy atom. The minimum atomic E-state index is -1.00. The molecular formula is C41H47Cl2N3O7. The molecule has 0 saturated carbocycles. The monoisotopic (exact) mass is 763 g/mol. The molecular weight excluding hydrogens is 717 g/mol. The van der Waals surface area contributed by atoms with E-state index in [-0.39, 0.29) is 19.2 Å². The van der Waals surface area contributed by atoms with Crippen LogP contribution in [0.3, 0.4) is 0 Å². The second-order valence-corrected chi connectivity index (χ2v) is 14.1. The molecule has 4 aromatic carbocycles. The molecule has 10 nitrogen and oxygen atoms in total. The molecule has 53 heavy (non-hydrogen) atoms. The Morgan fingerprint density at radius 1 is 0.868 bits per heavy atom. The second kappa shape index (κ2) is 18.0. The number of halogens is 2. The first kappa shape index (κ1) is 39.7. The van der Waals surface area contributed by atoms with Crippen LogP contribution in [0.4, 0.5) is 10.5 Å². The van der Waals surface area contributed by atoms with Gasteiger partial charge in [0.05, 0.1) is 55.5 Å². The molecule has 1 saturated heterocycles. The van der Waals surface area contributed by atoms with Crippen molar-refractivity contribution in [2.45, 2.75) is 43.2 Å². The second-order valence-electron chi connectivity index (χ2n) is 13.2. The number of piperidine rings is 1. The zero-order valence-electron chi connectivity index (χ0n) is 30.6. The highest BCUT2D eigenvalue weighted by atomic mass is 35.5. The standard InChI is InChI=1S/C41H47Cl2N3O7/c1-45(39(49)44-32-14-9-6-10-15-32)41(31-16-17-33(42)34(43)26-31,28-53-27-29-24-35(50-2)37(52-4)36(25-29)51-3)18-11-21-46-22-19-40(20-23-46,38(47)48)30-12-7-5-8-13-30/h5-10,12-17,24-26H,11,18-23,27-28H2,1-4H3,(H,44,49)(H,47,48). The lowest BCUT2D eigenvalue weighted by Gasteiger charge is -2.43. The fourth-order valence-electron chi connectivity index (χ4n) is 7.16. The van der Waals surface area contributed by atoms with Gasteiger partial charge < -0.3 is 39.2 Å². The van der Waals surface area contributed by atoms with E-state index in [4.69, 9.17) is 42.1 Å². The van der Waals surface area contributed by atoms with Gasteiger partial charge in [0.25, 0.3) is 0 Å². The number of rotatable bonds is 16. The van der Waals surface area contributed by atoms with Crippen LogP contribution in [0.15, 0.2) is 91.0 Å². The molecule has 0 aliphatic carbocycles. The molecule has 2 N–H and O–H groups in total. The number of carboxylic acids is 1. The topological polar surface area (TPSA) is 110 Å². The van der Waals surface area contributed by atoms with E-state index in [0.717, 1.165) is 16.7 Å². The van der Waals surface area contributed by atoms with Crippen LogP contribution in [-0.2, 0) is 27.1 Å².